The van der Waals surface area contributed by atoms with Crippen molar-refractivity contribution in [3.05, 3.63) is 65.0 Å². The van der Waals surface area contributed by atoms with Crippen molar-refractivity contribution in [1.29, 1.82) is 0 Å². The minimum absolute atomic E-state index is 0.711. The van der Waals surface area contributed by atoms with Crippen LogP contribution in [-0.4, -0.2) is 62.3 Å². The smallest absolute Gasteiger partial charge is 0.123 e. The molecule has 0 amide bonds. The van der Waals surface area contributed by atoms with Gasteiger partial charge in [0.2, 0.25) is 0 Å². The summed E-state index contributed by atoms with van der Waals surface area (Å²) >= 11 is 1.86. The Kier molecular flexibility index (Phi) is 6.15. The Labute approximate surface area is 187 Å². The molecule has 4 aromatic rings. The van der Waals surface area contributed by atoms with Crippen LogP contribution in [0.3, 0.4) is 0 Å². The van der Waals surface area contributed by atoms with Gasteiger partial charge in [-0.05, 0) is 87.6 Å². The molecule has 1 saturated heterocycles. The molecule has 0 unspecified atom stereocenters. The van der Waals surface area contributed by atoms with E-state index in [0.717, 1.165) is 18.7 Å². The lowest BCUT2D eigenvalue weighted by molar-refractivity contribution is 0.123. The number of hydrogen-bond acceptors (Lipinski definition) is 5. The molecule has 1 fully saturated rings. The molecule has 31 heavy (non-hydrogen) atoms. The summed E-state index contributed by atoms with van der Waals surface area (Å²) in [5, 5.41) is 11.3. The maximum atomic E-state index is 3.92. The number of aromatic nitrogens is 4. The van der Waals surface area contributed by atoms with E-state index in [1.54, 1.807) is 12.7 Å². The van der Waals surface area contributed by atoms with E-state index in [4.69, 9.17) is 0 Å². The van der Waals surface area contributed by atoms with Crippen LogP contribution in [0.2, 0.25) is 0 Å². The zero-order valence-electron chi connectivity index (χ0n) is 18.1. The molecule has 3 aromatic heterocycles. The molecular weight excluding hydrogens is 404 g/mol. The number of H-pyrrole nitrogens is 1. The maximum Gasteiger partial charge on any atom is 0.123 e. The van der Waals surface area contributed by atoms with Gasteiger partial charge < -0.3 is 9.88 Å². The van der Waals surface area contributed by atoms with Crippen molar-refractivity contribution in [2.45, 2.75) is 38.3 Å². The first kappa shape index (κ1) is 20.4. The van der Waals surface area contributed by atoms with Crippen LogP contribution in [0.25, 0.3) is 16.6 Å². The van der Waals surface area contributed by atoms with Gasteiger partial charge in [0.25, 0.3) is 0 Å². The Morgan fingerprint density at radius 2 is 2.00 bits per heavy atom. The molecule has 1 aliphatic heterocycles. The van der Waals surface area contributed by atoms with E-state index < -0.39 is 0 Å². The fourth-order valence-electron chi connectivity index (χ4n) is 4.72. The average Bonchev–Trinajstić information content (AvgIpc) is 3.56. The van der Waals surface area contributed by atoms with Crippen LogP contribution in [0, 0.1) is 0 Å². The number of rotatable bonds is 8. The summed E-state index contributed by atoms with van der Waals surface area (Å²) < 4.78 is 1.95. The highest BCUT2D eigenvalue weighted by Gasteiger charge is 2.22. The second kappa shape index (κ2) is 9.34. The second-order valence-corrected chi connectivity index (χ2v) is 9.62. The van der Waals surface area contributed by atoms with E-state index in [9.17, 15) is 0 Å². The van der Waals surface area contributed by atoms with Crippen LogP contribution in [0.15, 0.2) is 54.6 Å². The summed E-state index contributed by atoms with van der Waals surface area (Å²) in [7, 11) is 2.28. The fraction of sp³-hybridized carbons (Fsp3) is 0.417. The Balaban J connectivity index is 1.12. The molecule has 1 aliphatic rings. The number of nitrogens with zero attached hydrogens (tertiary/aromatic N) is 5. The summed E-state index contributed by atoms with van der Waals surface area (Å²) in [6.45, 7) is 4.69. The number of fused-ring (bicyclic) bond motifs is 1. The first-order valence-corrected chi connectivity index (χ1v) is 12.0. The summed E-state index contributed by atoms with van der Waals surface area (Å²) in [5.74, 6) is 0. The zero-order valence-corrected chi connectivity index (χ0v) is 18.9. The molecule has 1 aromatic carbocycles. The van der Waals surface area contributed by atoms with Crippen LogP contribution in [0.1, 0.15) is 29.7 Å². The molecule has 162 valence electrons. The van der Waals surface area contributed by atoms with Crippen LogP contribution in [0.4, 0.5) is 0 Å². The lowest BCUT2D eigenvalue weighted by Gasteiger charge is -2.36. The Bertz CT molecular complexity index is 1080. The van der Waals surface area contributed by atoms with Gasteiger partial charge in [0, 0.05) is 40.3 Å². The maximum absolute atomic E-state index is 3.92. The normalized spacial score (nSPS) is 15.9. The van der Waals surface area contributed by atoms with Crippen LogP contribution < -0.4 is 0 Å². The summed E-state index contributed by atoms with van der Waals surface area (Å²) in [5.41, 5.74) is 3.70. The molecule has 7 heteroatoms. The Hall–Kier alpha value is -2.48. The lowest BCUT2D eigenvalue weighted by Crippen LogP contribution is -2.43. The van der Waals surface area contributed by atoms with Gasteiger partial charge in [-0.1, -0.05) is 6.07 Å². The number of piperidine rings is 1. The minimum Gasteiger partial charge on any atom is -0.361 e. The van der Waals surface area contributed by atoms with Crippen LogP contribution in [-0.2, 0) is 13.0 Å². The number of thiophene rings is 1. The highest BCUT2D eigenvalue weighted by molar-refractivity contribution is 7.09. The topological polar surface area (TPSA) is 53.0 Å². The van der Waals surface area contributed by atoms with Gasteiger partial charge in [-0.3, -0.25) is 9.47 Å². The molecule has 1 N–H and O–H groups in total. The summed E-state index contributed by atoms with van der Waals surface area (Å²) in [6.07, 6.45) is 10.5. The van der Waals surface area contributed by atoms with Crippen molar-refractivity contribution in [2.75, 3.05) is 26.7 Å². The standard InChI is InChI=1S/C24H30N6S/c1-28(16-22-5-3-13-31-22)20-8-11-29(12-9-20)10-2-4-19-15-25-24-7-6-21(14-23(19)24)30-17-26-27-18-30/h3,5-7,13-15,17-18,20,25H,2,4,8-12,16H2,1H3. The van der Waals surface area contributed by atoms with Crippen molar-refractivity contribution >= 4 is 22.2 Å². The molecule has 0 bridgehead atoms. The predicted octanol–water partition coefficient (Wildman–Crippen LogP) is 4.34. The van der Waals surface area contributed by atoms with Gasteiger partial charge >= 0.3 is 0 Å². The van der Waals surface area contributed by atoms with Gasteiger partial charge in [0.05, 0.1) is 0 Å². The van der Waals surface area contributed by atoms with Gasteiger partial charge in [0.15, 0.2) is 0 Å². The van der Waals surface area contributed by atoms with Crippen molar-refractivity contribution in [1.82, 2.24) is 29.5 Å². The molecule has 0 saturated carbocycles. The van der Waals surface area contributed by atoms with Crippen molar-refractivity contribution < 1.29 is 0 Å². The molecule has 0 atom stereocenters. The van der Waals surface area contributed by atoms with E-state index in [-0.39, 0.29) is 0 Å². The summed E-state index contributed by atoms with van der Waals surface area (Å²) in [6, 6.07) is 11.6. The predicted molar refractivity (Wildman–Crippen MR) is 127 cm³/mol. The number of likely N-dealkylation sites (tertiary alicyclic amines) is 1. The highest BCUT2D eigenvalue weighted by atomic mass is 32.1. The fourth-order valence-corrected chi connectivity index (χ4v) is 5.49. The first-order valence-electron chi connectivity index (χ1n) is 11.2. The number of aromatic amines is 1. The molecule has 6 nitrogen and oxygen atoms in total. The SMILES string of the molecule is CN(Cc1cccs1)C1CCN(CCCc2c[nH]c3ccc(-n4cnnc4)cc23)CC1. The van der Waals surface area contributed by atoms with Crippen molar-refractivity contribution in [2.24, 2.45) is 0 Å². The largest absolute Gasteiger partial charge is 0.361 e. The average molecular weight is 435 g/mol. The van der Waals surface area contributed by atoms with Crippen molar-refractivity contribution in [3.63, 3.8) is 0 Å². The van der Waals surface area contributed by atoms with E-state index in [0.29, 0.717) is 6.04 Å². The molecule has 0 aliphatic carbocycles. The quantitative estimate of drug-likeness (QED) is 0.448. The molecule has 4 heterocycles. The van der Waals surface area contributed by atoms with E-state index in [2.05, 4.69) is 73.9 Å². The number of benzene rings is 1. The van der Waals surface area contributed by atoms with E-state index in [1.807, 2.05) is 15.9 Å². The van der Waals surface area contributed by atoms with Crippen LogP contribution >= 0.6 is 11.3 Å². The monoisotopic (exact) mass is 434 g/mol. The Morgan fingerprint density at radius 1 is 1.16 bits per heavy atom. The van der Waals surface area contributed by atoms with Gasteiger partial charge in [0.1, 0.15) is 12.7 Å². The number of aryl methyl sites for hydroxylation is 1. The third-order valence-corrected chi connectivity index (χ3v) is 7.42. The van der Waals surface area contributed by atoms with Gasteiger partial charge in [-0.25, -0.2) is 0 Å². The number of hydrogen-bond donors (Lipinski definition) is 1. The molecular formula is C24H30N6S. The second-order valence-electron chi connectivity index (χ2n) is 8.58. The van der Waals surface area contributed by atoms with E-state index in [1.165, 1.54) is 60.2 Å². The van der Waals surface area contributed by atoms with Crippen molar-refractivity contribution in [3.8, 4) is 5.69 Å². The van der Waals surface area contributed by atoms with Gasteiger partial charge in [-0.15, -0.1) is 21.5 Å². The van der Waals surface area contributed by atoms with E-state index >= 15 is 0 Å². The minimum atomic E-state index is 0.711. The third-order valence-electron chi connectivity index (χ3n) is 6.55. The summed E-state index contributed by atoms with van der Waals surface area (Å²) in [4.78, 5) is 10.1. The highest BCUT2D eigenvalue weighted by Crippen LogP contribution is 2.24. The Morgan fingerprint density at radius 3 is 2.77 bits per heavy atom. The zero-order chi connectivity index (χ0) is 21.0. The first-order chi connectivity index (χ1) is 15.3. The molecule has 0 spiro atoms. The molecule has 5 rings (SSSR count). The van der Waals surface area contributed by atoms with Gasteiger partial charge in [-0.2, -0.15) is 0 Å². The van der Waals surface area contributed by atoms with Crippen LogP contribution in [0.5, 0.6) is 0 Å². The lowest BCUT2D eigenvalue weighted by atomic mass is 10.0. The number of nitrogens with one attached hydrogen (secondary N) is 1. The molecule has 0 radical (unpaired) electrons. The third kappa shape index (κ3) is 4.74.